The molecule has 2 aliphatic rings. The van der Waals surface area contributed by atoms with E-state index in [2.05, 4.69) is 10.7 Å². The maximum atomic E-state index is 13.1. The van der Waals surface area contributed by atoms with Gasteiger partial charge in [0.15, 0.2) is 11.5 Å². The van der Waals surface area contributed by atoms with Crippen molar-refractivity contribution in [3.8, 4) is 11.5 Å². The van der Waals surface area contributed by atoms with Gasteiger partial charge in [-0.15, -0.1) is 0 Å². The number of carbonyl (C=O) groups is 2. The molecule has 8 nitrogen and oxygen atoms in total. The molecule has 0 bridgehead atoms. The number of nitrogens with zero attached hydrogens (tertiary/aromatic N) is 1. The highest BCUT2D eigenvalue weighted by Crippen LogP contribution is 2.36. The summed E-state index contributed by atoms with van der Waals surface area (Å²) in [7, 11) is 0. The molecule has 0 aliphatic carbocycles. The molecule has 0 saturated carbocycles. The summed E-state index contributed by atoms with van der Waals surface area (Å²) < 4.78 is 10.7. The van der Waals surface area contributed by atoms with Crippen LogP contribution in [0.15, 0.2) is 41.5 Å². The molecular formula is C24H26Cl2N4O4. The Morgan fingerprint density at radius 1 is 1.09 bits per heavy atom. The number of ether oxygens (including phenoxy) is 2. The van der Waals surface area contributed by atoms with Gasteiger partial charge in [-0.05, 0) is 48.2 Å². The maximum absolute atomic E-state index is 13.1. The van der Waals surface area contributed by atoms with E-state index >= 15 is 0 Å². The van der Waals surface area contributed by atoms with Gasteiger partial charge in [-0.1, -0.05) is 34.8 Å². The number of nitrogens with two attached hydrogens (primary N) is 1. The zero-order valence-electron chi connectivity index (χ0n) is 18.7. The first-order valence-electron chi connectivity index (χ1n) is 10.9. The monoisotopic (exact) mass is 504 g/mol. The molecular weight excluding hydrogens is 479 g/mol. The van der Waals surface area contributed by atoms with E-state index in [0.29, 0.717) is 53.2 Å². The van der Waals surface area contributed by atoms with Crippen LogP contribution in [0.2, 0.25) is 10.0 Å². The second-order valence-corrected chi connectivity index (χ2v) is 9.01. The average Bonchev–Trinajstić information content (AvgIpc) is 3.27. The summed E-state index contributed by atoms with van der Waals surface area (Å²) in [6.07, 6.45) is 0.661. The van der Waals surface area contributed by atoms with Crippen molar-refractivity contribution < 1.29 is 19.1 Å². The van der Waals surface area contributed by atoms with Crippen LogP contribution in [0.1, 0.15) is 36.5 Å². The Morgan fingerprint density at radius 2 is 1.85 bits per heavy atom. The summed E-state index contributed by atoms with van der Waals surface area (Å²) in [4.78, 5) is 25.8. The number of amides is 2. The molecule has 0 unspecified atom stereocenters. The van der Waals surface area contributed by atoms with Crippen molar-refractivity contribution >= 4 is 35.0 Å². The number of halogens is 2. The van der Waals surface area contributed by atoms with Crippen molar-refractivity contribution in [3.63, 3.8) is 0 Å². The van der Waals surface area contributed by atoms with Crippen molar-refractivity contribution in [3.05, 3.63) is 68.2 Å². The fraction of sp³-hybridized carbons (Fsp3) is 0.333. The van der Waals surface area contributed by atoms with Gasteiger partial charge in [0.2, 0.25) is 12.7 Å². The number of hydrogen-bond donors (Lipinski definition) is 3. The van der Waals surface area contributed by atoms with Gasteiger partial charge in [-0.2, -0.15) is 0 Å². The minimum absolute atomic E-state index is 0.00779. The van der Waals surface area contributed by atoms with Crippen LogP contribution >= 0.6 is 23.2 Å². The smallest absolute Gasteiger partial charge is 0.264 e. The lowest BCUT2D eigenvalue weighted by Gasteiger charge is -2.30. The lowest BCUT2D eigenvalue weighted by molar-refractivity contribution is -0.132. The highest BCUT2D eigenvalue weighted by atomic mass is 35.5. The lowest BCUT2D eigenvalue weighted by Crippen LogP contribution is -2.47. The van der Waals surface area contributed by atoms with Crippen LogP contribution in [0, 0.1) is 0 Å². The molecule has 4 rings (SSSR count). The summed E-state index contributed by atoms with van der Waals surface area (Å²) in [5, 5.41) is 5.49. The molecule has 0 saturated heterocycles. The van der Waals surface area contributed by atoms with E-state index in [-0.39, 0.29) is 31.6 Å². The van der Waals surface area contributed by atoms with E-state index in [1.807, 2.05) is 13.0 Å². The summed E-state index contributed by atoms with van der Waals surface area (Å²) in [6, 6.07) is 8.90. The van der Waals surface area contributed by atoms with Gasteiger partial charge >= 0.3 is 0 Å². The minimum atomic E-state index is -0.244. The van der Waals surface area contributed by atoms with Crippen molar-refractivity contribution in [2.75, 3.05) is 13.3 Å². The summed E-state index contributed by atoms with van der Waals surface area (Å²) in [5.41, 5.74) is 12.8. The van der Waals surface area contributed by atoms with Crippen LogP contribution in [0.4, 0.5) is 0 Å². The predicted molar refractivity (Wildman–Crippen MR) is 129 cm³/mol. The Balaban J connectivity index is 1.36. The standard InChI is InChI=1S/C24H26Cl2N4O4/c1-14-4-5-30(29-12-17-7-21-22(9-20(17)26)34-13-33-21)24(32)19(14)8-23(31)28-11-16-6-18(25)3-2-15(16)10-27/h2-3,6-7,9,29H,4-5,8,10-13,27H2,1H3,(H,28,31). The van der Waals surface area contributed by atoms with Crippen molar-refractivity contribution in [2.24, 2.45) is 5.73 Å². The summed E-state index contributed by atoms with van der Waals surface area (Å²) in [5.74, 6) is 0.760. The molecule has 180 valence electrons. The molecule has 2 aromatic carbocycles. The molecule has 0 fully saturated rings. The third-order valence-corrected chi connectivity index (χ3v) is 6.52. The third-order valence-electron chi connectivity index (χ3n) is 5.93. The Morgan fingerprint density at radius 3 is 2.62 bits per heavy atom. The normalized spacial score (nSPS) is 15.2. The second kappa shape index (κ2) is 10.7. The van der Waals surface area contributed by atoms with Gasteiger partial charge in [-0.3, -0.25) is 14.6 Å². The number of fused-ring (bicyclic) bond motifs is 1. The SMILES string of the molecule is CC1=C(CC(=O)NCc2cc(Cl)ccc2CN)C(=O)N(NCc2cc3c(cc2Cl)OCO3)CC1. The molecule has 0 radical (unpaired) electrons. The van der Waals surface area contributed by atoms with Gasteiger partial charge in [-0.25, -0.2) is 5.43 Å². The van der Waals surface area contributed by atoms with Gasteiger partial charge < -0.3 is 20.5 Å². The quantitative estimate of drug-likeness (QED) is 0.508. The first-order valence-corrected chi connectivity index (χ1v) is 11.7. The largest absolute Gasteiger partial charge is 0.454 e. The van der Waals surface area contributed by atoms with E-state index in [9.17, 15) is 9.59 Å². The molecule has 0 aromatic heterocycles. The highest BCUT2D eigenvalue weighted by Gasteiger charge is 2.27. The highest BCUT2D eigenvalue weighted by molar-refractivity contribution is 6.31. The van der Waals surface area contributed by atoms with E-state index < -0.39 is 0 Å². The Kier molecular flexibility index (Phi) is 7.63. The zero-order valence-corrected chi connectivity index (χ0v) is 20.3. The molecule has 34 heavy (non-hydrogen) atoms. The van der Waals surface area contributed by atoms with Crippen LogP contribution in [-0.2, 0) is 29.2 Å². The minimum Gasteiger partial charge on any atom is -0.454 e. The first kappa shape index (κ1) is 24.3. The van der Waals surface area contributed by atoms with E-state index in [1.54, 1.807) is 24.3 Å². The molecule has 0 atom stereocenters. The van der Waals surface area contributed by atoms with Crippen LogP contribution in [0.3, 0.4) is 0 Å². The maximum Gasteiger partial charge on any atom is 0.264 e. The third kappa shape index (κ3) is 5.47. The Bertz CT molecular complexity index is 1150. The molecule has 2 aromatic rings. The van der Waals surface area contributed by atoms with Crippen LogP contribution in [0.25, 0.3) is 0 Å². The number of hydrogen-bond acceptors (Lipinski definition) is 6. The van der Waals surface area contributed by atoms with Crippen LogP contribution in [0.5, 0.6) is 11.5 Å². The van der Waals surface area contributed by atoms with Gasteiger partial charge in [0.1, 0.15) is 0 Å². The number of hydrazine groups is 1. The van der Waals surface area contributed by atoms with Crippen molar-refractivity contribution in [1.29, 1.82) is 0 Å². The first-order chi connectivity index (χ1) is 16.4. The van der Waals surface area contributed by atoms with E-state index in [0.717, 1.165) is 22.3 Å². The average molecular weight is 505 g/mol. The Hall–Kier alpha value is -2.78. The zero-order chi connectivity index (χ0) is 24.2. The van der Waals surface area contributed by atoms with Crippen molar-refractivity contribution in [1.82, 2.24) is 15.8 Å². The fourth-order valence-corrected chi connectivity index (χ4v) is 4.32. The molecule has 2 amide bonds. The summed E-state index contributed by atoms with van der Waals surface area (Å²) >= 11 is 12.4. The van der Waals surface area contributed by atoms with Crippen LogP contribution in [-0.4, -0.2) is 30.2 Å². The Labute approximate surface area is 207 Å². The molecule has 4 N–H and O–H groups in total. The molecule has 10 heteroatoms. The molecule has 2 heterocycles. The molecule has 0 spiro atoms. The van der Waals surface area contributed by atoms with E-state index in [4.69, 9.17) is 38.4 Å². The summed E-state index contributed by atoms with van der Waals surface area (Å²) in [6.45, 7) is 3.51. The van der Waals surface area contributed by atoms with Crippen molar-refractivity contribution in [2.45, 2.75) is 39.4 Å². The van der Waals surface area contributed by atoms with Gasteiger partial charge in [0.25, 0.3) is 5.91 Å². The van der Waals surface area contributed by atoms with Gasteiger partial charge in [0, 0.05) is 47.9 Å². The molecule has 2 aliphatic heterocycles. The topological polar surface area (TPSA) is 106 Å². The second-order valence-electron chi connectivity index (χ2n) is 8.17. The van der Waals surface area contributed by atoms with Crippen LogP contribution < -0.4 is 25.9 Å². The number of nitrogens with one attached hydrogen (secondary N) is 2. The lowest BCUT2D eigenvalue weighted by atomic mass is 9.98. The van der Waals surface area contributed by atoms with E-state index in [1.165, 1.54) is 5.01 Å². The fourth-order valence-electron chi connectivity index (χ4n) is 3.91. The number of benzene rings is 2. The number of rotatable bonds is 8. The van der Waals surface area contributed by atoms with Gasteiger partial charge in [0.05, 0.1) is 6.42 Å². The predicted octanol–water partition coefficient (Wildman–Crippen LogP) is 3.44. The number of carbonyl (C=O) groups excluding carboxylic acids is 2.